The van der Waals surface area contributed by atoms with E-state index in [9.17, 15) is 4.79 Å². The monoisotopic (exact) mass is 324 g/mol. The highest BCUT2D eigenvalue weighted by Gasteiger charge is 2.04. The van der Waals surface area contributed by atoms with Gasteiger partial charge in [-0.3, -0.25) is 4.79 Å². The molecule has 1 heterocycles. The van der Waals surface area contributed by atoms with Gasteiger partial charge in [0.2, 0.25) is 0 Å². The minimum Gasteiger partial charge on any atom is -0.338 e. The topological polar surface area (TPSA) is 45.8 Å². The molecule has 4 aromatic rings. The molecule has 0 amide bonds. The number of rotatable bonds is 4. The van der Waals surface area contributed by atoms with Crippen LogP contribution in [0.4, 0.5) is 0 Å². The number of nitrogens with one attached hydrogen (secondary N) is 1. The van der Waals surface area contributed by atoms with E-state index in [0.717, 1.165) is 22.0 Å². The lowest BCUT2D eigenvalue weighted by molar-refractivity contribution is 0.104. The van der Waals surface area contributed by atoms with Crippen molar-refractivity contribution in [2.24, 2.45) is 0 Å². The van der Waals surface area contributed by atoms with Gasteiger partial charge in [-0.15, -0.1) is 0 Å². The third-order valence-electron chi connectivity index (χ3n) is 4.11. The fourth-order valence-electron chi connectivity index (χ4n) is 2.78. The molecule has 0 fully saturated rings. The van der Waals surface area contributed by atoms with E-state index in [0.29, 0.717) is 11.4 Å². The van der Waals surface area contributed by atoms with Crippen molar-refractivity contribution >= 4 is 22.6 Å². The Bertz CT molecular complexity index is 1060. The van der Waals surface area contributed by atoms with Gasteiger partial charge in [-0.2, -0.15) is 0 Å². The van der Waals surface area contributed by atoms with Crippen LogP contribution in [0.2, 0.25) is 0 Å². The van der Waals surface area contributed by atoms with Gasteiger partial charge in [0.15, 0.2) is 5.78 Å². The first-order valence-electron chi connectivity index (χ1n) is 8.11. The van der Waals surface area contributed by atoms with Crippen molar-refractivity contribution in [3.8, 4) is 11.3 Å². The van der Waals surface area contributed by atoms with Crippen molar-refractivity contribution in [2.75, 3.05) is 0 Å². The van der Waals surface area contributed by atoms with Crippen molar-refractivity contribution in [1.82, 2.24) is 9.97 Å². The van der Waals surface area contributed by atoms with Crippen LogP contribution in [0.5, 0.6) is 0 Å². The maximum absolute atomic E-state index is 12.4. The summed E-state index contributed by atoms with van der Waals surface area (Å²) in [4.78, 5) is 19.9. The van der Waals surface area contributed by atoms with Gasteiger partial charge < -0.3 is 4.98 Å². The van der Waals surface area contributed by atoms with E-state index in [1.54, 1.807) is 18.3 Å². The molecule has 120 valence electrons. The van der Waals surface area contributed by atoms with Gasteiger partial charge in [0.1, 0.15) is 5.82 Å². The van der Waals surface area contributed by atoms with E-state index in [-0.39, 0.29) is 5.78 Å². The van der Waals surface area contributed by atoms with Crippen LogP contribution in [-0.2, 0) is 0 Å². The summed E-state index contributed by atoms with van der Waals surface area (Å²) in [6.07, 6.45) is 5.04. The number of aromatic amines is 1. The Kier molecular flexibility index (Phi) is 3.97. The summed E-state index contributed by atoms with van der Waals surface area (Å²) >= 11 is 0. The fraction of sp³-hybridized carbons (Fsp3) is 0. The van der Waals surface area contributed by atoms with E-state index in [1.807, 2.05) is 72.8 Å². The standard InChI is InChI=1S/C22H16N2O/c25-21(19-11-10-16-6-4-5-9-18(16)14-19)12-13-22-23-15-20(24-22)17-7-2-1-3-8-17/h1-15H,(H,23,24). The van der Waals surface area contributed by atoms with Crippen molar-refractivity contribution in [3.63, 3.8) is 0 Å². The Labute approximate surface area is 145 Å². The third-order valence-corrected chi connectivity index (χ3v) is 4.11. The molecule has 0 radical (unpaired) electrons. The molecular formula is C22H16N2O. The second kappa shape index (κ2) is 6.57. The minimum absolute atomic E-state index is 0.0385. The van der Waals surface area contributed by atoms with Crippen LogP contribution in [0.3, 0.4) is 0 Å². The highest BCUT2D eigenvalue weighted by atomic mass is 16.1. The molecule has 0 unspecified atom stereocenters. The highest BCUT2D eigenvalue weighted by Crippen LogP contribution is 2.18. The number of carbonyl (C=O) groups excluding carboxylic acids is 1. The molecule has 25 heavy (non-hydrogen) atoms. The molecule has 0 aliphatic heterocycles. The smallest absolute Gasteiger partial charge is 0.185 e. The van der Waals surface area contributed by atoms with E-state index in [1.165, 1.54) is 0 Å². The fourth-order valence-corrected chi connectivity index (χ4v) is 2.78. The van der Waals surface area contributed by atoms with Crippen LogP contribution in [0.1, 0.15) is 16.2 Å². The van der Waals surface area contributed by atoms with Gasteiger partial charge in [-0.1, -0.05) is 66.7 Å². The SMILES string of the molecule is O=C(C=Cc1ncc(-c2ccccc2)[nH]1)c1ccc2ccccc2c1. The first-order valence-corrected chi connectivity index (χ1v) is 8.11. The average molecular weight is 324 g/mol. The Morgan fingerprint density at radius 1 is 0.880 bits per heavy atom. The number of benzene rings is 3. The summed E-state index contributed by atoms with van der Waals surface area (Å²) < 4.78 is 0. The van der Waals surface area contributed by atoms with Gasteiger partial charge in [-0.25, -0.2) is 4.98 Å². The summed E-state index contributed by atoms with van der Waals surface area (Å²) in [6.45, 7) is 0. The zero-order chi connectivity index (χ0) is 17.1. The van der Waals surface area contributed by atoms with Crippen molar-refractivity contribution in [2.45, 2.75) is 0 Å². The quantitative estimate of drug-likeness (QED) is 0.418. The molecule has 3 heteroatoms. The molecule has 0 atom stereocenters. The van der Waals surface area contributed by atoms with Crippen molar-refractivity contribution in [1.29, 1.82) is 0 Å². The second-order valence-corrected chi connectivity index (χ2v) is 5.81. The Hall–Kier alpha value is -3.46. The molecular weight excluding hydrogens is 308 g/mol. The van der Waals surface area contributed by atoms with E-state index in [2.05, 4.69) is 9.97 Å². The lowest BCUT2D eigenvalue weighted by atomic mass is 10.0. The number of hydrogen-bond donors (Lipinski definition) is 1. The van der Waals surface area contributed by atoms with Gasteiger partial charge in [0.25, 0.3) is 0 Å². The minimum atomic E-state index is -0.0385. The molecule has 4 rings (SSSR count). The number of carbonyl (C=O) groups is 1. The van der Waals surface area contributed by atoms with Crippen LogP contribution < -0.4 is 0 Å². The largest absolute Gasteiger partial charge is 0.338 e. The number of aromatic nitrogens is 2. The van der Waals surface area contributed by atoms with Crippen LogP contribution in [-0.4, -0.2) is 15.8 Å². The lowest BCUT2D eigenvalue weighted by Gasteiger charge is -2.00. The number of H-pyrrole nitrogens is 1. The van der Waals surface area contributed by atoms with Crippen LogP contribution in [0.15, 0.2) is 85.1 Å². The number of nitrogens with zero attached hydrogens (tertiary/aromatic N) is 1. The summed E-state index contributed by atoms with van der Waals surface area (Å²) in [5.41, 5.74) is 2.67. The van der Waals surface area contributed by atoms with Crippen molar-refractivity contribution < 1.29 is 4.79 Å². The predicted octanol–water partition coefficient (Wildman–Crippen LogP) is 5.13. The van der Waals surface area contributed by atoms with E-state index >= 15 is 0 Å². The van der Waals surface area contributed by atoms with Gasteiger partial charge in [-0.05, 0) is 34.6 Å². The van der Waals surface area contributed by atoms with Crippen LogP contribution >= 0.6 is 0 Å². The predicted molar refractivity (Wildman–Crippen MR) is 101 cm³/mol. The summed E-state index contributed by atoms with van der Waals surface area (Å²) in [7, 11) is 0. The highest BCUT2D eigenvalue weighted by molar-refractivity contribution is 6.08. The molecule has 0 saturated carbocycles. The summed E-state index contributed by atoms with van der Waals surface area (Å²) in [6, 6.07) is 23.7. The molecule has 0 saturated heterocycles. The first-order chi connectivity index (χ1) is 12.3. The summed E-state index contributed by atoms with van der Waals surface area (Å²) in [5.74, 6) is 0.622. The molecule has 1 aromatic heterocycles. The molecule has 0 aliphatic carbocycles. The molecule has 3 aromatic carbocycles. The van der Waals surface area contributed by atoms with Crippen LogP contribution in [0.25, 0.3) is 28.1 Å². The lowest BCUT2D eigenvalue weighted by Crippen LogP contribution is -1.94. The molecule has 0 spiro atoms. The molecule has 0 bridgehead atoms. The van der Waals surface area contributed by atoms with Gasteiger partial charge in [0.05, 0.1) is 11.9 Å². The van der Waals surface area contributed by atoms with Crippen molar-refractivity contribution in [3.05, 3.63) is 96.5 Å². The van der Waals surface area contributed by atoms with E-state index < -0.39 is 0 Å². The third kappa shape index (κ3) is 3.26. The number of imidazole rings is 1. The Morgan fingerprint density at radius 3 is 2.48 bits per heavy atom. The number of allylic oxidation sites excluding steroid dienone is 1. The summed E-state index contributed by atoms with van der Waals surface area (Å²) in [5, 5.41) is 2.19. The van der Waals surface area contributed by atoms with Gasteiger partial charge in [0, 0.05) is 5.56 Å². The molecule has 0 aliphatic rings. The zero-order valence-corrected chi connectivity index (χ0v) is 13.5. The molecule has 3 nitrogen and oxygen atoms in total. The maximum Gasteiger partial charge on any atom is 0.185 e. The second-order valence-electron chi connectivity index (χ2n) is 5.81. The van der Waals surface area contributed by atoms with Crippen LogP contribution in [0, 0.1) is 0 Å². The number of hydrogen-bond acceptors (Lipinski definition) is 2. The number of fused-ring (bicyclic) bond motifs is 1. The van der Waals surface area contributed by atoms with E-state index in [4.69, 9.17) is 0 Å². The average Bonchev–Trinajstić information content (AvgIpc) is 3.15. The Morgan fingerprint density at radius 2 is 1.64 bits per heavy atom. The van der Waals surface area contributed by atoms with Gasteiger partial charge >= 0.3 is 0 Å². The zero-order valence-electron chi connectivity index (χ0n) is 13.5. The first kappa shape index (κ1) is 15.1. The normalized spacial score (nSPS) is 11.2. The molecule has 1 N–H and O–H groups in total. The Balaban J connectivity index is 1.54. The maximum atomic E-state index is 12.4. The number of ketones is 1.